The lowest BCUT2D eigenvalue weighted by Gasteiger charge is -2.27. The second-order valence-corrected chi connectivity index (χ2v) is 6.47. The van der Waals surface area contributed by atoms with Crippen LogP contribution in [0.5, 0.6) is 0 Å². The lowest BCUT2D eigenvalue weighted by atomic mass is 10.0. The molecule has 0 bridgehead atoms. The van der Waals surface area contributed by atoms with E-state index >= 15 is 0 Å². The summed E-state index contributed by atoms with van der Waals surface area (Å²) in [5.41, 5.74) is 5.33. The molecule has 1 atom stereocenters. The number of hydrogen-bond donors (Lipinski definition) is 2. The normalized spacial score (nSPS) is 17.3. The molecular formula is C18H21NOS. The number of aryl methyl sites for hydroxylation is 1. The molecule has 0 radical (unpaired) electrons. The van der Waals surface area contributed by atoms with Crippen molar-refractivity contribution in [3.63, 3.8) is 0 Å². The molecule has 0 spiro atoms. The van der Waals surface area contributed by atoms with Gasteiger partial charge in [0, 0.05) is 23.8 Å². The van der Waals surface area contributed by atoms with Crippen LogP contribution in [0.3, 0.4) is 0 Å². The Balaban J connectivity index is 1.75. The molecule has 1 unspecified atom stereocenters. The van der Waals surface area contributed by atoms with Crippen LogP contribution in [0.2, 0.25) is 0 Å². The van der Waals surface area contributed by atoms with Crippen molar-refractivity contribution in [1.29, 1.82) is 0 Å². The average molecular weight is 299 g/mol. The van der Waals surface area contributed by atoms with Gasteiger partial charge in [-0.1, -0.05) is 36.4 Å². The summed E-state index contributed by atoms with van der Waals surface area (Å²) in [6.07, 6.45) is 1.76. The fraction of sp³-hybridized carbons (Fsp3) is 0.333. The summed E-state index contributed by atoms with van der Waals surface area (Å²) in [7, 11) is 0. The molecular weight excluding hydrogens is 278 g/mol. The fourth-order valence-corrected chi connectivity index (χ4v) is 3.90. The molecule has 2 N–H and O–H groups in total. The highest BCUT2D eigenvalue weighted by molar-refractivity contribution is 7.98. The van der Waals surface area contributed by atoms with Gasteiger partial charge in [0.2, 0.25) is 0 Å². The molecule has 1 heterocycles. The zero-order valence-electron chi connectivity index (χ0n) is 12.1. The number of hydrogen-bond acceptors (Lipinski definition) is 3. The predicted octanol–water partition coefficient (Wildman–Crippen LogP) is 4.01. The molecule has 3 rings (SSSR count). The summed E-state index contributed by atoms with van der Waals surface area (Å²) in [6, 6.07) is 17.7. The summed E-state index contributed by atoms with van der Waals surface area (Å²) in [6.45, 7) is 0.254. The fourth-order valence-electron chi connectivity index (χ4n) is 2.80. The van der Waals surface area contributed by atoms with E-state index in [1.807, 2.05) is 11.8 Å². The second kappa shape index (κ2) is 7.01. The second-order valence-electron chi connectivity index (χ2n) is 5.44. The highest BCUT2D eigenvalue weighted by Crippen LogP contribution is 2.33. The van der Waals surface area contributed by atoms with Crippen LogP contribution in [0.25, 0.3) is 0 Å². The minimum atomic E-state index is 0.254. The van der Waals surface area contributed by atoms with E-state index in [9.17, 15) is 0 Å². The molecule has 2 nitrogen and oxygen atoms in total. The van der Waals surface area contributed by atoms with Gasteiger partial charge in [-0.25, -0.2) is 0 Å². The van der Waals surface area contributed by atoms with Crippen LogP contribution < -0.4 is 5.32 Å². The van der Waals surface area contributed by atoms with Gasteiger partial charge in [-0.2, -0.15) is 11.8 Å². The molecule has 21 heavy (non-hydrogen) atoms. The lowest BCUT2D eigenvalue weighted by Crippen LogP contribution is -2.18. The zero-order valence-corrected chi connectivity index (χ0v) is 12.9. The van der Waals surface area contributed by atoms with E-state index in [0.717, 1.165) is 24.3 Å². The molecule has 0 saturated heterocycles. The Morgan fingerprint density at radius 2 is 2.05 bits per heavy atom. The third kappa shape index (κ3) is 3.60. The van der Waals surface area contributed by atoms with Gasteiger partial charge in [0.1, 0.15) is 0 Å². The quantitative estimate of drug-likeness (QED) is 0.875. The maximum absolute atomic E-state index is 8.95. The van der Waals surface area contributed by atoms with Crippen LogP contribution in [-0.2, 0) is 12.2 Å². The Labute approximate surface area is 130 Å². The highest BCUT2D eigenvalue weighted by atomic mass is 32.2. The summed E-state index contributed by atoms with van der Waals surface area (Å²) >= 11 is 1.99. The van der Waals surface area contributed by atoms with Crippen molar-refractivity contribution >= 4 is 17.4 Å². The van der Waals surface area contributed by atoms with Crippen molar-refractivity contribution in [1.82, 2.24) is 0 Å². The maximum Gasteiger partial charge on any atom is 0.0607 e. The molecule has 2 aromatic carbocycles. The number of nitrogens with one attached hydrogen (secondary N) is 1. The van der Waals surface area contributed by atoms with E-state index in [0.29, 0.717) is 6.04 Å². The highest BCUT2D eigenvalue weighted by Gasteiger charge is 2.19. The van der Waals surface area contributed by atoms with Crippen molar-refractivity contribution in [3.8, 4) is 0 Å². The Bertz CT molecular complexity index is 599. The summed E-state index contributed by atoms with van der Waals surface area (Å²) in [4.78, 5) is 0. The van der Waals surface area contributed by atoms with Gasteiger partial charge in [0.05, 0.1) is 6.04 Å². The lowest BCUT2D eigenvalue weighted by molar-refractivity contribution is 0.288. The molecule has 2 aromatic rings. The average Bonchev–Trinajstić information content (AvgIpc) is 2.54. The largest absolute Gasteiger partial charge is 0.396 e. The third-order valence-corrected chi connectivity index (χ3v) is 4.95. The van der Waals surface area contributed by atoms with E-state index in [4.69, 9.17) is 5.11 Å². The first kappa shape index (κ1) is 14.5. The number of rotatable bonds is 5. The van der Waals surface area contributed by atoms with Crippen LogP contribution in [0.4, 0.5) is 5.69 Å². The van der Waals surface area contributed by atoms with E-state index in [2.05, 4.69) is 53.8 Å². The third-order valence-electron chi connectivity index (χ3n) is 3.86. The minimum Gasteiger partial charge on any atom is -0.396 e. The number of thioether (sulfide) groups is 1. The molecule has 110 valence electrons. The topological polar surface area (TPSA) is 32.3 Å². The van der Waals surface area contributed by atoms with Crippen LogP contribution in [0.1, 0.15) is 29.2 Å². The van der Waals surface area contributed by atoms with Crippen LogP contribution in [0.15, 0.2) is 48.5 Å². The molecule has 0 aromatic heterocycles. The van der Waals surface area contributed by atoms with E-state index < -0.39 is 0 Å². The summed E-state index contributed by atoms with van der Waals surface area (Å²) < 4.78 is 0. The molecule has 1 aliphatic heterocycles. The summed E-state index contributed by atoms with van der Waals surface area (Å²) in [5, 5.41) is 12.6. The standard InChI is InChI=1S/C18H21NOS/c20-10-4-6-14-5-3-8-16(11-14)19-18-13-21-12-15-7-1-2-9-17(15)18/h1-3,5,7-9,11,18-20H,4,6,10,12-13H2. The molecule has 0 amide bonds. The monoisotopic (exact) mass is 299 g/mol. The molecule has 1 aliphatic rings. The molecule has 3 heteroatoms. The number of aliphatic hydroxyl groups excluding tert-OH is 1. The van der Waals surface area contributed by atoms with Gasteiger partial charge >= 0.3 is 0 Å². The SMILES string of the molecule is OCCCc1cccc(NC2CSCc3ccccc32)c1. The van der Waals surface area contributed by atoms with Crippen molar-refractivity contribution in [2.24, 2.45) is 0 Å². The van der Waals surface area contributed by atoms with Crippen molar-refractivity contribution < 1.29 is 5.11 Å². The van der Waals surface area contributed by atoms with Crippen molar-refractivity contribution in [2.75, 3.05) is 17.7 Å². The number of anilines is 1. The maximum atomic E-state index is 8.95. The van der Waals surface area contributed by atoms with Gasteiger partial charge < -0.3 is 10.4 Å². The van der Waals surface area contributed by atoms with E-state index in [1.54, 1.807) is 0 Å². The van der Waals surface area contributed by atoms with Crippen molar-refractivity contribution in [3.05, 3.63) is 65.2 Å². The Morgan fingerprint density at radius 1 is 1.14 bits per heavy atom. The van der Waals surface area contributed by atoms with E-state index in [-0.39, 0.29) is 6.61 Å². The molecule has 0 saturated carbocycles. The Kier molecular flexibility index (Phi) is 4.84. The first-order chi connectivity index (χ1) is 10.4. The predicted molar refractivity (Wildman–Crippen MR) is 90.8 cm³/mol. The van der Waals surface area contributed by atoms with Gasteiger partial charge in [0.25, 0.3) is 0 Å². The van der Waals surface area contributed by atoms with E-state index in [1.165, 1.54) is 22.4 Å². The smallest absolute Gasteiger partial charge is 0.0607 e. The summed E-state index contributed by atoms with van der Waals surface area (Å²) in [5.74, 6) is 2.22. The number of benzene rings is 2. The van der Waals surface area contributed by atoms with Gasteiger partial charge in [-0.15, -0.1) is 0 Å². The van der Waals surface area contributed by atoms with Gasteiger partial charge in [-0.05, 0) is 41.7 Å². The van der Waals surface area contributed by atoms with Gasteiger partial charge in [-0.3, -0.25) is 0 Å². The van der Waals surface area contributed by atoms with Gasteiger partial charge in [0.15, 0.2) is 0 Å². The first-order valence-electron chi connectivity index (χ1n) is 7.49. The zero-order chi connectivity index (χ0) is 14.5. The number of aliphatic hydroxyl groups is 1. The number of fused-ring (bicyclic) bond motifs is 1. The first-order valence-corrected chi connectivity index (χ1v) is 8.64. The minimum absolute atomic E-state index is 0.254. The molecule has 0 aliphatic carbocycles. The Morgan fingerprint density at radius 3 is 2.95 bits per heavy atom. The Hall–Kier alpha value is -1.45. The van der Waals surface area contributed by atoms with Crippen LogP contribution >= 0.6 is 11.8 Å². The molecule has 0 fully saturated rings. The van der Waals surface area contributed by atoms with Crippen LogP contribution in [-0.4, -0.2) is 17.5 Å². The van der Waals surface area contributed by atoms with Crippen molar-refractivity contribution in [2.45, 2.75) is 24.6 Å². The van der Waals surface area contributed by atoms with Crippen LogP contribution in [0, 0.1) is 0 Å².